The third kappa shape index (κ3) is 2.70. The normalized spacial score (nSPS) is 10.9. The Balaban J connectivity index is 2.28. The molecule has 96 valence electrons. The van der Waals surface area contributed by atoms with Gasteiger partial charge in [-0.25, -0.2) is 18.2 Å². The lowest BCUT2D eigenvalue weighted by molar-refractivity contribution is 0.447. The molecule has 0 saturated carbocycles. The first kappa shape index (κ1) is 13.0. The SMILES string of the molecule is CCNCc1cnc(-c2cc(F)c(F)c(F)c2)s1. The van der Waals surface area contributed by atoms with E-state index >= 15 is 0 Å². The number of hydrogen-bond donors (Lipinski definition) is 1. The lowest BCUT2D eigenvalue weighted by Gasteiger charge is -1.99. The molecule has 0 amide bonds. The predicted molar refractivity (Wildman–Crippen MR) is 64.8 cm³/mol. The van der Waals surface area contributed by atoms with Crippen LogP contribution in [-0.4, -0.2) is 11.5 Å². The molecule has 0 atom stereocenters. The minimum atomic E-state index is -1.46. The van der Waals surface area contributed by atoms with E-state index < -0.39 is 17.5 Å². The van der Waals surface area contributed by atoms with Crippen LogP contribution in [0.3, 0.4) is 0 Å². The molecule has 0 fully saturated rings. The summed E-state index contributed by atoms with van der Waals surface area (Å²) in [5.74, 6) is -3.86. The zero-order valence-corrected chi connectivity index (χ0v) is 10.5. The van der Waals surface area contributed by atoms with Crippen LogP contribution < -0.4 is 5.32 Å². The van der Waals surface area contributed by atoms with E-state index in [4.69, 9.17) is 0 Å². The van der Waals surface area contributed by atoms with Crippen molar-refractivity contribution in [3.05, 3.63) is 40.7 Å². The van der Waals surface area contributed by atoms with E-state index in [0.29, 0.717) is 11.6 Å². The van der Waals surface area contributed by atoms with Gasteiger partial charge in [-0.3, -0.25) is 0 Å². The standard InChI is InChI=1S/C12H11F3N2S/c1-2-16-5-8-6-17-12(18-8)7-3-9(13)11(15)10(14)4-7/h3-4,6,16H,2,5H2,1H3. The monoisotopic (exact) mass is 272 g/mol. The molecule has 2 rings (SSSR count). The number of benzene rings is 1. The first-order valence-electron chi connectivity index (χ1n) is 5.42. The summed E-state index contributed by atoms with van der Waals surface area (Å²) in [7, 11) is 0. The molecular weight excluding hydrogens is 261 g/mol. The third-order valence-corrected chi connectivity index (χ3v) is 3.38. The topological polar surface area (TPSA) is 24.9 Å². The molecule has 0 radical (unpaired) electrons. The molecule has 2 nitrogen and oxygen atoms in total. The molecule has 18 heavy (non-hydrogen) atoms. The van der Waals surface area contributed by atoms with E-state index in [-0.39, 0.29) is 5.56 Å². The van der Waals surface area contributed by atoms with Gasteiger partial charge < -0.3 is 5.32 Å². The molecule has 0 aliphatic heterocycles. The Morgan fingerprint density at radius 2 is 1.89 bits per heavy atom. The van der Waals surface area contributed by atoms with Crippen LogP contribution >= 0.6 is 11.3 Å². The Hall–Kier alpha value is -1.40. The number of thiazole rings is 1. The van der Waals surface area contributed by atoms with E-state index in [1.165, 1.54) is 11.3 Å². The summed E-state index contributed by atoms with van der Waals surface area (Å²) in [6.07, 6.45) is 1.64. The molecule has 6 heteroatoms. The zero-order valence-electron chi connectivity index (χ0n) is 9.64. The first-order chi connectivity index (χ1) is 8.61. The third-order valence-electron chi connectivity index (χ3n) is 2.33. The number of nitrogens with one attached hydrogen (secondary N) is 1. The molecule has 1 aromatic carbocycles. The van der Waals surface area contributed by atoms with Crippen molar-refractivity contribution < 1.29 is 13.2 Å². The fraction of sp³-hybridized carbons (Fsp3) is 0.250. The van der Waals surface area contributed by atoms with Crippen molar-refractivity contribution in [1.82, 2.24) is 10.3 Å². The van der Waals surface area contributed by atoms with Gasteiger partial charge in [0.2, 0.25) is 0 Å². The molecule has 1 N–H and O–H groups in total. The lowest BCUT2D eigenvalue weighted by atomic mass is 10.2. The Morgan fingerprint density at radius 1 is 1.22 bits per heavy atom. The van der Waals surface area contributed by atoms with Crippen molar-refractivity contribution >= 4 is 11.3 Å². The maximum atomic E-state index is 13.1. The van der Waals surface area contributed by atoms with E-state index in [2.05, 4.69) is 10.3 Å². The summed E-state index contributed by atoms with van der Waals surface area (Å²) in [4.78, 5) is 5.03. The highest BCUT2D eigenvalue weighted by molar-refractivity contribution is 7.15. The lowest BCUT2D eigenvalue weighted by Crippen LogP contribution is -2.10. The molecule has 0 aliphatic carbocycles. The van der Waals surface area contributed by atoms with Gasteiger partial charge in [0.1, 0.15) is 5.01 Å². The summed E-state index contributed by atoms with van der Waals surface area (Å²) in [6, 6.07) is 1.91. The quantitative estimate of drug-likeness (QED) is 0.863. The zero-order chi connectivity index (χ0) is 13.1. The number of aromatic nitrogens is 1. The van der Waals surface area contributed by atoms with E-state index in [1.807, 2.05) is 6.92 Å². The Labute approximate surface area is 106 Å². The first-order valence-corrected chi connectivity index (χ1v) is 6.23. The summed E-state index contributed by atoms with van der Waals surface area (Å²) >= 11 is 1.32. The van der Waals surface area contributed by atoms with Crippen LogP contribution in [0, 0.1) is 17.5 Å². The highest BCUT2D eigenvalue weighted by Gasteiger charge is 2.13. The van der Waals surface area contributed by atoms with E-state index in [9.17, 15) is 13.2 Å². The number of hydrogen-bond acceptors (Lipinski definition) is 3. The van der Waals surface area contributed by atoms with Gasteiger partial charge in [-0.15, -0.1) is 11.3 Å². The Bertz CT molecular complexity index is 531. The van der Waals surface area contributed by atoms with Crippen molar-refractivity contribution in [3.8, 4) is 10.6 Å². The molecular formula is C12H11F3N2S. The van der Waals surface area contributed by atoms with Crippen LogP contribution in [0.1, 0.15) is 11.8 Å². The maximum absolute atomic E-state index is 13.1. The molecule has 2 aromatic rings. The smallest absolute Gasteiger partial charge is 0.194 e. The summed E-state index contributed by atoms with van der Waals surface area (Å²) < 4.78 is 39.0. The van der Waals surface area contributed by atoms with Gasteiger partial charge in [0.25, 0.3) is 0 Å². The van der Waals surface area contributed by atoms with Crippen LogP contribution in [0.4, 0.5) is 13.2 Å². The second-order valence-electron chi connectivity index (χ2n) is 3.67. The Kier molecular flexibility index (Phi) is 3.98. The van der Waals surface area contributed by atoms with Gasteiger partial charge in [-0.2, -0.15) is 0 Å². The second-order valence-corrected chi connectivity index (χ2v) is 4.78. The fourth-order valence-corrected chi connectivity index (χ4v) is 2.32. The van der Waals surface area contributed by atoms with Crippen LogP contribution in [-0.2, 0) is 6.54 Å². The molecule has 0 saturated heterocycles. The minimum Gasteiger partial charge on any atom is -0.312 e. The van der Waals surface area contributed by atoms with Crippen LogP contribution in [0.5, 0.6) is 0 Å². The van der Waals surface area contributed by atoms with E-state index in [1.54, 1.807) is 6.20 Å². The average molecular weight is 272 g/mol. The highest BCUT2D eigenvalue weighted by Crippen LogP contribution is 2.27. The van der Waals surface area contributed by atoms with Crippen molar-refractivity contribution in [1.29, 1.82) is 0 Å². The molecule has 0 spiro atoms. The van der Waals surface area contributed by atoms with Gasteiger partial charge >= 0.3 is 0 Å². The van der Waals surface area contributed by atoms with Crippen LogP contribution in [0.15, 0.2) is 18.3 Å². The molecule has 0 bridgehead atoms. The van der Waals surface area contributed by atoms with Crippen molar-refractivity contribution in [2.24, 2.45) is 0 Å². The predicted octanol–water partition coefficient (Wildman–Crippen LogP) is 3.34. The second kappa shape index (κ2) is 5.49. The van der Waals surface area contributed by atoms with Crippen LogP contribution in [0.2, 0.25) is 0 Å². The van der Waals surface area contributed by atoms with Gasteiger partial charge in [0.15, 0.2) is 17.5 Å². The van der Waals surface area contributed by atoms with Crippen molar-refractivity contribution in [2.75, 3.05) is 6.54 Å². The molecule has 1 heterocycles. The van der Waals surface area contributed by atoms with Gasteiger partial charge in [-0.1, -0.05) is 6.92 Å². The average Bonchev–Trinajstić information content (AvgIpc) is 2.81. The van der Waals surface area contributed by atoms with Crippen molar-refractivity contribution in [3.63, 3.8) is 0 Å². The summed E-state index contributed by atoms with van der Waals surface area (Å²) in [6.45, 7) is 3.46. The number of halogens is 3. The van der Waals surface area contributed by atoms with Crippen molar-refractivity contribution in [2.45, 2.75) is 13.5 Å². The van der Waals surface area contributed by atoms with Gasteiger partial charge in [0.05, 0.1) is 0 Å². The molecule has 1 aromatic heterocycles. The van der Waals surface area contributed by atoms with Crippen LogP contribution in [0.25, 0.3) is 10.6 Å². The molecule has 0 aliphatic rings. The number of rotatable bonds is 4. The Morgan fingerprint density at radius 3 is 2.50 bits per heavy atom. The van der Waals surface area contributed by atoms with Gasteiger partial charge in [0, 0.05) is 23.2 Å². The maximum Gasteiger partial charge on any atom is 0.194 e. The fourth-order valence-electron chi connectivity index (χ4n) is 1.45. The number of nitrogens with zero attached hydrogens (tertiary/aromatic N) is 1. The highest BCUT2D eigenvalue weighted by atomic mass is 32.1. The minimum absolute atomic E-state index is 0.249. The summed E-state index contributed by atoms with van der Waals surface area (Å²) in [5.41, 5.74) is 0.249. The van der Waals surface area contributed by atoms with Gasteiger partial charge in [-0.05, 0) is 18.7 Å². The van der Waals surface area contributed by atoms with E-state index in [0.717, 1.165) is 23.6 Å². The summed E-state index contributed by atoms with van der Waals surface area (Å²) in [5, 5.41) is 3.60. The largest absolute Gasteiger partial charge is 0.312 e. The molecule has 0 unspecified atom stereocenters.